The summed E-state index contributed by atoms with van der Waals surface area (Å²) in [7, 11) is 5.97. The molecule has 0 aromatic heterocycles. The number of nitrogens with zero attached hydrogens (tertiary/aromatic N) is 1. The lowest BCUT2D eigenvalue weighted by atomic mass is 10.0. The van der Waals surface area contributed by atoms with Gasteiger partial charge in [0.05, 0.1) is 34.4 Å². The number of carbonyl (C=O) groups excluding carboxylic acids is 2. The quantitative estimate of drug-likeness (QED) is 0.0211. The van der Waals surface area contributed by atoms with Crippen LogP contribution in [0.3, 0.4) is 0 Å². The van der Waals surface area contributed by atoms with E-state index < -0.39 is 24.3 Å². The second-order valence-electron chi connectivity index (χ2n) is 27.6. The lowest BCUT2D eigenvalue weighted by Crippen LogP contribution is -2.40. The summed E-state index contributed by atoms with van der Waals surface area (Å²) in [4.78, 5) is 37.7. The Morgan fingerprint density at radius 1 is 0.297 bits per heavy atom. The summed E-state index contributed by atoms with van der Waals surface area (Å²) in [5.41, 5.74) is 0. The first kappa shape index (κ1) is 95.1. The first-order valence-electron chi connectivity index (χ1n) is 40.6. The van der Waals surface area contributed by atoms with Gasteiger partial charge in [0, 0.05) is 12.8 Å². The highest BCUT2D eigenvalue weighted by Crippen LogP contribution is 2.17. The van der Waals surface area contributed by atoms with Crippen molar-refractivity contribution in [1.29, 1.82) is 0 Å². The van der Waals surface area contributed by atoms with Crippen LogP contribution in [0.1, 0.15) is 309 Å². The minimum Gasteiger partial charge on any atom is -0.477 e. The molecule has 2 atom stereocenters. The van der Waals surface area contributed by atoms with Crippen molar-refractivity contribution >= 4 is 17.9 Å². The van der Waals surface area contributed by atoms with Crippen molar-refractivity contribution < 1.29 is 42.9 Å². The summed E-state index contributed by atoms with van der Waals surface area (Å²) < 4.78 is 23.0. The molecule has 0 spiro atoms. The standard InChI is InChI=1S/C92H149NO8/c1-6-8-10-12-14-16-18-20-22-24-26-28-30-32-34-36-38-40-42-43-44-45-46-47-49-50-52-54-56-58-60-62-64-66-68-70-72-74-76-78-80-82-89(94)99-86-88(87-100-92(91(96)97)98-85-84-93(3,4)5)101-90(95)83-81-79-77-75-73-71-69-67-65-63-61-59-57-55-53-51-48-41-39-37-35-33-31-29-27-25-23-21-19-17-15-13-11-9-7-2/h8-11,14-17,20-23,26-29,32-35,38-41,51,53,57,59,63,65,69,71,88,92H,6-7,12-13,18-19,24-25,30-31,36-37,42-50,52,54-56,58,60-62,64,66-68,70,72-87H2,1-5H3/p+1/b10-8-,11-9-,16-14-,17-15-,22-20-,23-21-,28-26-,29-27-,34-32-,35-33-,40-38-,41-39-,53-51-,59-57-,65-63-,71-69-. The number of hydrogen-bond donors (Lipinski definition) is 1. The maximum Gasteiger partial charge on any atom is 0.361 e. The zero-order valence-corrected chi connectivity index (χ0v) is 65.2. The molecule has 0 aliphatic rings. The Bertz CT molecular complexity index is 2380. The lowest BCUT2D eigenvalue weighted by Gasteiger charge is -2.25. The number of quaternary nitrogens is 1. The molecule has 0 radical (unpaired) electrons. The summed E-state index contributed by atoms with van der Waals surface area (Å²) in [6.45, 7) is 4.62. The van der Waals surface area contributed by atoms with Gasteiger partial charge in [-0.2, -0.15) is 0 Å². The van der Waals surface area contributed by atoms with Crippen LogP contribution < -0.4 is 0 Å². The lowest BCUT2D eigenvalue weighted by molar-refractivity contribution is -0.870. The summed E-state index contributed by atoms with van der Waals surface area (Å²) in [5.74, 6) is -2.05. The van der Waals surface area contributed by atoms with Crippen LogP contribution in [-0.2, 0) is 33.3 Å². The molecule has 0 rings (SSSR count). The van der Waals surface area contributed by atoms with E-state index in [4.69, 9.17) is 18.9 Å². The Labute approximate surface area is 621 Å². The van der Waals surface area contributed by atoms with E-state index in [-0.39, 0.29) is 38.6 Å². The van der Waals surface area contributed by atoms with Gasteiger partial charge in [-0.15, -0.1) is 0 Å². The van der Waals surface area contributed by atoms with Gasteiger partial charge in [-0.3, -0.25) is 9.59 Å². The van der Waals surface area contributed by atoms with Crippen molar-refractivity contribution in [3.05, 3.63) is 194 Å². The van der Waals surface area contributed by atoms with Crippen molar-refractivity contribution in [3.63, 3.8) is 0 Å². The first-order valence-corrected chi connectivity index (χ1v) is 40.6. The molecule has 570 valence electrons. The second-order valence-corrected chi connectivity index (χ2v) is 27.6. The van der Waals surface area contributed by atoms with Crippen molar-refractivity contribution in [2.75, 3.05) is 47.5 Å². The molecular formula is C92H150NO8+. The van der Waals surface area contributed by atoms with Crippen LogP contribution in [-0.4, -0.2) is 87.4 Å². The summed E-state index contributed by atoms with van der Waals surface area (Å²) in [5, 5.41) is 9.78. The molecule has 0 aromatic rings. The number of ether oxygens (including phenoxy) is 4. The number of rotatable bonds is 73. The molecule has 0 aromatic carbocycles. The molecule has 9 nitrogen and oxygen atoms in total. The third-order valence-electron chi connectivity index (χ3n) is 16.8. The molecule has 101 heavy (non-hydrogen) atoms. The number of aliphatic carboxylic acids is 1. The number of carboxylic acids is 1. The van der Waals surface area contributed by atoms with E-state index in [0.717, 1.165) is 148 Å². The Morgan fingerprint density at radius 2 is 0.535 bits per heavy atom. The van der Waals surface area contributed by atoms with Gasteiger partial charge in [0.15, 0.2) is 6.10 Å². The number of esters is 2. The SMILES string of the molecule is CC/C=C\C/C=C\C/C=C\C/C=C\C/C=C\C/C=C\C/C=C\C/C=C\C/C=C\C/C=C\CCCCCCC(=O)OC(COC(=O)CCCCCCCCCCCCCCCCCCCCCCCC/C=C\C/C=C\C/C=C\C/C=C\C/C=C\C/C=C\CC)COC(OCC[N+](C)(C)C)C(=O)O. The number of unbranched alkanes of at least 4 members (excludes halogenated alkanes) is 26. The van der Waals surface area contributed by atoms with E-state index in [1.54, 1.807) is 0 Å². The maximum absolute atomic E-state index is 13.0. The predicted molar refractivity (Wildman–Crippen MR) is 437 cm³/mol. The zero-order valence-electron chi connectivity index (χ0n) is 65.2. The fourth-order valence-electron chi connectivity index (χ4n) is 10.8. The summed E-state index contributed by atoms with van der Waals surface area (Å²) in [6, 6.07) is 0. The monoisotopic (exact) mass is 1400 g/mol. The average molecular weight is 1400 g/mol. The zero-order chi connectivity index (χ0) is 73.2. The van der Waals surface area contributed by atoms with E-state index in [1.165, 1.54) is 128 Å². The Morgan fingerprint density at radius 3 is 0.792 bits per heavy atom. The van der Waals surface area contributed by atoms with Gasteiger partial charge < -0.3 is 28.5 Å². The number of carboxylic acid groups (broad SMARTS) is 1. The minimum atomic E-state index is -1.53. The van der Waals surface area contributed by atoms with Gasteiger partial charge in [0.2, 0.25) is 0 Å². The molecule has 0 saturated carbocycles. The van der Waals surface area contributed by atoms with E-state index in [0.29, 0.717) is 17.4 Å². The highest BCUT2D eigenvalue weighted by molar-refractivity contribution is 5.71. The molecule has 0 amide bonds. The highest BCUT2D eigenvalue weighted by atomic mass is 16.7. The van der Waals surface area contributed by atoms with Gasteiger partial charge in [0.25, 0.3) is 6.29 Å². The molecular weight excluding hydrogens is 1250 g/mol. The molecule has 0 aliphatic heterocycles. The Kier molecular flexibility index (Phi) is 75.2. The van der Waals surface area contributed by atoms with Gasteiger partial charge >= 0.3 is 17.9 Å². The fraction of sp³-hybridized carbons (Fsp3) is 0.620. The normalized spacial score (nSPS) is 13.7. The van der Waals surface area contributed by atoms with Crippen molar-refractivity contribution in [3.8, 4) is 0 Å². The number of allylic oxidation sites excluding steroid dienone is 32. The van der Waals surface area contributed by atoms with Gasteiger partial charge in [-0.1, -0.05) is 350 Å². The molecule has 9 heteroatoms. The van der Waals surface area contributed by atoms with Crippen LogP contribution in [0.4, 0.5) is 0 Å². The van der Waals surface area contributed by atoms with Crippen LogP contribution >= 0.6 is 0 Å². The third kappa shape index (κ3) is 81.3. The van der Waals surface area contributed by atoms with Crippen LogP contribution in [0.15, 0.2) is 194 Å². The van der Waals surface area contributed by atoms with E-state index >= 15 is 0 Å². The van der Waals surface area contributed by atoms with Crippen LogP contribution in [0.25, 0.3) is 0 Å². The Balaban J connectivity index is 4.10. The topological polar surface area (TPSA) is 108 Å². The second kappa shape index (κ2) is 79.8. The molecule has 0 fully saturated rings. The third-order valence-corrected chi connectivity index (χ3v) is 16.8. The van der Waals surface area contributed by atoms with E-state index in [2.05, 4.69) is 208 Å². The van der Waals surface area contributed by atoms with Crippen molar-refractivity contribution in [2.45, 2.75) is 322 Å². The van der Waals surface area contributed by atoms with Crippen LogP contribution in [0.2, 0.25) is 0 Å². The Hall–Kier alpha value is -5.87. The average Bonchev–Trinajstić information content (AvgIpc) is 1.25. The smallest absolute Gasteiger partial charge is 0.361 e. The fourth-order valence-corrected chi connectivity index (χ4v) is 10.8. The highest BCUT2D eigenvalue weighted by Gasteiger charge is 2.25. The number of hydrogen-bond acceptors (Lipinski definition) is 7. The number of likely N-dealkylation sites (N-methyl/N-ethyl adjacent to an activating group) is 1. The predicted octanol–water partition coefficient (Wildman–Crippen LogP) is 26.5. The van der Waals surface area contributed by atoms with Crippen molar-refractivity contribution in [1.82, 2.24) is 0 Å². The largest absolute Gasteiger partial charge is 0.477 e. The molecule has 0 bridgehead atoms. The van der Waals surface area contributed by atoms with Crippen molar-refractivity contribution in [2.24, 2.45) is 0 Å². The van der Waals surface area contributed by atoms with E-state index in [9.17, 15) is 19.5 Å². The van der Waals surface area contributed by atoms with Crippen LogP contribution in [0, 0.1) is 0 Å². The molecule has 1 N–H and O–H groups in total. The van der Waals surface area contributed by atoms with Gasteiger partial charge in [0.1, 0.15) is 13.2 Å². The molecule has 0 aliphatic carbocycles. The summed E-state index contributed by atoms with van der Waals surface area (Å²) >= 11 is 0. The van der Waals surface area contributed by atoms with Gasteiger partial charge in [-0.25, -0.2) is 4.79 Å². The summed E-state index contributed by atoms with van der Waals surface area (Å²) in [6.07, 6.45) is 120. The van der Waals surface area contributed by atoms with E-state index in [1.807, 2.05) is 21.1 Å². The van der Waals surface area contributed by atoms with Crippen LogP contribution in [0.5, 0.6) is 0 Å². The molecule has 0 saturated heterocycles. The van der Waals surface area contributed by atoms with Gasteiger partial charge in [-0.05, 0) is 141 Å². The minimum absolute atomic E-state index is 0.174. The maximum atomic E-state index is 13.0. The number of carbonyl (C=O) groups is 3. The molecule has 2 unspecified atom stereocenters. The first-order chi connectivity index (χ1) is 49.6. The molecule has 0 heterocycles.